The minimum atomic E-state index is -0.171. The summed E-state index contributed by atoms with van der Waals surface area (Å²) in [6, 6.07) is 70.3. The molecule has 2 heteroatoms. The first-order chi connectivity index (χ1) is 27.8. The molecule has 0 N–H and O–H groups in total. The zero-order chi connectivity index (χ0) is 38.9. The first-order valence-electron chi connectivity index (χ1n) is 19.8. The maximum Gasteiger partial charge on any atom is 0.0466 e. The molecule has 2 nitrogen and oxygen atoms in total. The van der Waals surface area contributed by atoms with E-state index >= 15 is 0 Å². The summed E-state index contributed by atoms with van der Waals surface area (Å²) in [6.45, 7) is 9.10. The molecule has 9 rings (SSSR count). The predicted molar refractivity (Wildman–Crippen MR) is 244 cm³/mol. The highest BCUT2D eigenvalue weighted by atomic mass is 15.1. The van der Waals surface area contributed by atoms with E-state index in [2.05, 4.69) is 244 Å². The van der Waals surface area contributed by atoms with Crippen LogP contribution in [0.5, 0.6) is 0 Å². The van der Waals surface area contributed by atoms with Gasteiger partial charge in [-0.2, -0.15) is 0 Å². The first kappa shape index (κ1) is 35.8. The Morgan fingerprint density at radius 3 is 1.37 bits per heavy atom. The lowest BCUT2D eigenvalue weighted by atomic mass is 9.81. The summed E-state index contributed by atoms with van der Waals surface area (Å²) < 4.78 is 0. The maximum atomic E-state index is 2.42. The van der Waals surface area contributed by atoms with Crippen molar-refractivity contribution in [2.24, 2.45) is 0 Å². The van der Waals surface area contributed by atoms with Gasteiger partial charge in [0.25, 0.3) is 0 Å². The van der Waals surface area contributed by atoms with Gasteiger partial charge in [0.15, 0.2) is 0 Å². The van der Waals surface area contributed by atoms with Crippen LogP contribution in [-0.4, -0.2) is 0 Å². The van der Waals surface area contributed by atoms with E-state index < -0.39 is 0 Å². The summed E-state index contributed by atoms with van der Waals surface area (Å²) >= 11 is 0. The van der Waals surface area contributed by atoms with Crippen molar-refractivity contribution >= 4 is 46.3 Å². The molecule has 0 aromatic heterocycles. The van der Waals surface area contributed by atoms with Crippen molar-refractivity contribution in [2.45, 2.75) is 33.1 Å². The van der Waals surface area contributed by atoms with E-state index in [1.165, 1.54) is 55.8 Å². The van der Waals surface area contributed by atoms with Gasteiger partial charge in [-0.25, -0.2) is 0 Å². The highest BCUT2D eigenvalue weighted by molar-refractivity contribution is 5.87. The highest BCUT2D eigenvalue weighted by Crippen LogP contribution is 2.51. The van der Waals surface area contributed by atoms with Crippen molar-refractivity contribution in [3.63, 3.8) is 0 Å². The van der Waals surface area contributed by atoms with Crippen LogP contribution in [0, 0.1) is 13.8 Å². The van der Waals surface area contributed by atoms with E-state index in [9.17, 15) is 0 Å². The summed E-state index contributed by atoms with van der Waals surface area (Å²) in [5, 5.41) is 0. The summed E-state index contributed by atoms with van der Waals surface area (Å²) in [4.78, 5) is 4.70. The van der Waals surface area contributed by atoms with Crippen molar-refractivity contribution in [1.29, 1.82) is 0 Å². The molecule has 57 heavy (non-hydrogen) atoms. The van der Waals surface area contributed by atoms with E-state index in [0.29, 0.717) is 0 Å². The van der Waals surface area contributed by atoms with Crippen LogP contribution in [0.2, 0.25) is 0 Å². The van der Waals surface area contributed by atoms with Crippen molar-refractivity contribution < 1.29 is 0 Å². The lowest BCUT2D eigenvalue weighted by molar-refractivity contribution is 0.660. The smallest absolute Gasteiger partial charge is 0.0466 e. The summed E-state index contributed by atoms with van der Waals surface area (Å²) in [5.74, 6) is 0. The molecule has 0 saturated carbocycles. The largest absolute Gasteiger partial charge is 0.311 e. The van der Waals surface area contributed by atoms with Gasteiger partial charge in [0, 0.05) is 39.5 Å². The fraction of sp³-hybridized carbons (Fsp3) is 0.0909. The molecule has 0 unspecified atom stereocenters. The zero-order valence-corrected chi connectivity index (χ0v) is 33.0. The third-order valence-corrected chi connectivity index (χ3v) is 11.3. The molecule has 8 aromatic rings. The van der Waals surface area contributed by atoms with E-state index in [-0.39, 0.29) is 5.41 Å². The van der Waals surface area contributed by atoms with Crippen LogP contribution in [0.25, 0.3) is 34.4 Å². The Balaban J connectivity index is 1.01. The molecule has 1 aliphatic rings. The molecular weight excluding hydrogens is 689 g/mol. The average Bonchev–Trinajstić information content (AvgIpc) is 3.46. The molecule has 0 saturated heterocycles. The maximum absolute atomic E-state index is 2.42. The van der Waals surface area contributed by atoms with E-state index in [4.69, 9.17) is 0 Å². The van der Waals surface area contributed by atoms with Crippen molar-refractivity contribution in [3.05, 3.63) is 228 Å². The molecule has 0 aliphatic heterocycles. The molecule has 0 amide bonds. The lowest BCUT2D eigenvalue weighted by Crippen LogP contribution is -2.17. The molecule has 1 aliphatic carbocycles. The first-order valence-corrected chi connectivity index (χ1v) is 19.8. The number of para-hydroxylation sites is 2. The fourth-order valence-corrected chi connectivity index (χ4v) is 8.47. The Morgan fingerprint density at radius 2 is 0.772 bits per heavy atom. The van der Waals surface area contributed by atoms with Crippen molar-refractivity contribution in [1.82, 2.24) is 0 Å². The molecule has 0 atom stereocenters. The SMILES string of the molecule is Cc1cc(C)cc(N(c2ccc(-c3ccccc3)cc2)c2ccc3c(c2)C(C)(C)c2cc(/C=C/c4ccc(N(c5ccccc5)c5ccccc5)cc4)ccc2-3)c1. The van der Waals surface area contributed by atoms with Gasteiger partial charge in [0.2, 0.25) is 0 Å². The van der Waals surface area contributed by atoms with Crippen LogP contribution in [0.15, 0.2) is 194 Å². The third-order valence-electron chi connectivity index (χ3n) is 11.3. The van der Waals surface area contributed by atoms with Crippen LogP contribution in [0.3, 0.4) is 0 Å². The number of nitrogens with zero attached hydrogens (tertiary/aromatic N) is 2. The summed E-state index contributed by atoms with van der Waals surface area (Å²) in [5.41, 5.74) is 19.3. The Bertz CT molecular complexity index is 2630. The van der Waals surface area contributed by atoms with Gasteiger partial charge in [-0.3, -0.25) is 0 Å². The zero-order valence-electron chi connectivity index (χ0n) is 33.0. The van der Waals surface area contributed by atoms with Gasteiger partial charge in [0.05, 0.1) is 0 Å². The fourth-order valence-electron chi connectivity index (χ4n) is 8.47. The standard InChI is InChI=1S/C55H46N2/c1-39-34-40(2)36-50(35-39)57(48-29-25-44(26-30-48)43-14-8-5-9-15-43)49-31-33-52-51-32-24-42(37-53(51)55(3,4)54(52)38-49)21-20-41-22-27-47(28-23-41)56(45-16-10-6-11-17-45)46-18-12-7-13-19-46/h5-38H,1-4H3/b21-20+. The molecule has 0 bridgehead atoms. The van der Waals surface area contributed by atoms with Crippen molar-refractivity contribution in [2.75, 3.05) is 9.80 Å². The minimum Gasteiger partial charge on any atom is -0.311 e. The van der Waals surface area contributed by atoms with E-state index in [0.717, 1.165) is 34.0 Å². The Hall–Kier alpha value is -6.90. The van der Waals surface area contributed by atoms with Gasteiger partial charge in [0.1, 0.15) is 0 Å². The number of hydrogen-bond acceptors (Lipinski definition) is 2. The number of aryl methyl sites for hydroxylation is 2. The molecule has 276 valence electrons. The number of benzene rings is 8. The third kappa shape index (κ3) is 7.07. The second kappa shape index (κ2) is 15.0. The molecule has 0 fully saturated rings. The predicted octanol–water partition coefficient (Wildman–Crippen LogP) is 15.4. The second-order valence-corrected chi connectivity index (χ2v) is 15.7. The highest BCUT2D eigenvalue weighted by Gasteiger charge is 2.36. The monoisotopic (exact) mass is 734 g/mol. The summed E-state index contributed by atoms with van der Waals surface area (Å²) in [7, 11) is 0. The van der Waals surface area contributed by atoms with Crippen molar-refractivity contribution in [3.8, 4) is 22.3 Å². The quantitative estimate of drug-likeness (QED) is 0.136. The normalized spacial score (nSPS) is 12.6. The van der Waals surface area contributed by atoms with Gasteiger partial charge in [-0.1, -0.05) is 147 Å². The minimum absolute atomic E-state index is 0.171. The topological polar surface area (TPSA) is 6.48 Å². The Kier molecular flexibility index (Phi) is 9.40. The van der Waals surface area contributed by atoms with Crippen LogP contribution in [-0.2, 0) is 5.41 Å². The number of anilines is 6. The second-order valence-electron chi connectivity index (χ2n) is 15.7. The molecule has 0 radical (unpaired) electrons. The van der Waals surface area contributed by atoms with Crippen LogP contribution >= 0.6 is 0 Å². The molecular formula is C55H46N2. The summed E-state index contributed by atoms with van der Waals surface area (Å²) in [6.07, 6.45) is 4.46. The van der Waals surface area contributed by atoms with Gasteiger partial charge in [-0.05, 0) is 142 Å². The number of rotatable bonds is 9. The van der Waals surface area contributed by atoms with Gasteiger partial charge in [-0.15, -0.1) is 0 Å². The average molecular weight is 735 g/mol. The van der Waals surface area contributed by atoms with Gasteiger partial charge >= 0.3 is 0 Å². The van der Waals surface area contributed by atoms with Crippen LogP contribution < -0.4 is 9.80 Å². The van der Waals surface area contributed by atoms with Gasteiger partial charge < -0.3 is 9.80 Å². The Morgan fingerprint density at radius 1 is 0.351 bits per heavy atom. The van der Waals surface area contributed by atoms with Crippen LogP contribution in [0.4, 0.5) is 34.1 Å². The van der Waals surface area contributed by atoms with E-state index in [1.807, 2.05) is 0 Å². The molecule has 0 heterocycles. The molecule has 0 spiro atoms. The van der Waals surface area contributed by atoms with Crippen LogP contribution in [0.1, 0.15) is 47.2 Å². The number of hydrogen-bond donors (Lipinski definition) is 0. The van der Waals surface area contributed by atoms with E-state index in [1.54, 1.807) is 0 Å². The Labute approximate surface area is 337 Å². The molecule has 8 aromatic carbocycles. The lowest BCUT2D eigenvalue weighted by Gasteiger charge is -2.29. The number of fused-ring (bicyclic) bond motifs is 3.